The molecule has 16 heavy (non-hydrogen) atoms. The van der Waals surface area contributed by atoms with Crippen LogP contribution in [0, 0.1) is 0 Å². The standard InChI is InChI=1S/C9H16N4O3/c1-9(16,8(14)15)5-10-4-3-7-11-6-13(2)12-7/h6,10,16H,3-5H2,1-2H3,(H,14,15). The van der Waals surface area contributed by atoms with E-state index in [9.17, 15) is 9.90 Å². The van der Waals surface area contributed by atoms with Crippen molar-refractivity contribution in [1.82, 2.24) is 20.1 Å². The van der Waals surface area contributed by atoms with Gasteiger partial charge in [-0.2, -0.15) is 5.10 Å². The summed E-state index contributed by atoms with van der Waals surface area (Å²) in [5.74, 6) is -0.555. The van der Waals surface area contributed by atoms with Crippen LogP contribution >= 0.6 is 0 Å². The quantitative estimate of drug-likeness (QED) is 0.528. The molecule has 1 rings (SSSR count). The van der Waals surface area contributed by atoms with Crippen molar-refractivity contribution in [3.63, 3.8) is 0 Å². The van der Waals surface area contributed by atoms with Gasteiger partial charge in [-0.3, -0.25) is 4.68 Å². The van der Waals surface area contributed by atoms with E-state index in [1.54, 1.807) is 18.1 Å². The second-order valence-electron chi connectivity index (χ2n) is 3.84. The van der Waals surface area contributed by atoms with Crippen molar-refractivity contribution in [2.75, 3.05) is 13.1 Å². The van der Waals surface area contributed by atoms with Crippen molar-refractivity contribution in [3.8, 4) is 0 Å². The summed E-state index contributed by atoms with van der Waals surface area (Å²) in [6.07, 6.45) is 2.19. The zero-order valence-corrected chi connectivity index (χ0v) is 9.34. The van der Waals surface area contributed by atoms with E-state index in [2.05, 4.69) is 15.4 Å². The van der Waals surface area contributed by atoms with Gasteiger partial charge in [0.05, 0.1) is 0 Å². The van der Waals surface area contributed by atoms with E-state index in [4.69, 9.17) is 5.11 Å². The molecule has 7 nitrogen and oxygen atoms in total. The summed E-state index contributed by atoms with van der Waals surface area (Å²) in [5.41, 5.74) is -1.74. The maximum absolute atomic E-state index is 10.6. The van der Waals surface area contributed by atoms with E-state index in [1.807, 2.05) is 0 Å². The molecule has 0 fully saturated rings. The van der Waals surface area contributed by atoms with Crippen molar-refractivity contribution in [3.05, 3.63) is 12.2 Å². The fourth-order valence-electron chi connectivity index (χ4n) is 1.11. The minimum Gasteiger partial charge on any atom is -0.479 e. The van der Waals surface area contributed by atoms with Crippen molar-refractivity contribution in [2.45, 2.75) is 18.9 Å². The smallest absolute Gasteiger partial charge is 0.336 e. The number of rotatable bonds is 6. The zero-order chi connectivity index (χ0) is 12.2. The molecule has 0 amide bonds. The molecule has 1 aromatic rings. The van der Waals surface area contributed by atoms with Crippen molar-refractivity contribution < 1.29 is 15.0 Å². The van der Waals surface area contributed by atoms with Gasteiger partial charge in [0.1, 0.15) is 6.33 Å². The van der Waals surface area contributed by atoms with E-state index in [0.717, 1.165) is 0 Å². The number of carbonyl (C=O) groups is 1. The number of hydrogen-bond donors (Lipinski definition) is 3. The van der Waals surface area contributed by atoms with Crippen LogP contribution in [0.15, 0.2) is 6.33 Å². The van der Waals surface area contributed by atoms with Crippen LogP contribution in [0.4, 0.5) is 0 Å². The largest absolute Gasteiger partial charge is 0.479 e. The molecule has 1 aromatic heterocycles. The van der Waals surface area contributed by atoms with Crippen LogP contribution in [0.3, 0.4) is 0 Å². The second-order valence-corrected chi connectivity index (χ2v) is 3.84. The molecule has 1 atom stereocenters. The van der Waals surface area contributed by atoms with Gasteiger partial charge in [0.25, 0.3) is 0 Å². The number of carboxylic acid groups (broad SMARTS) is 1. The topological polar surface area (TPSA) is 100 Å². The number of nitrogens with one attached hydrogen (secondary N) is 1. The molecule has 0 aliphatic carbocycles. The predicted molar refractivity (Wildman–Crippen MR) is 55.8 cm³/mol. The van der Waals surface area contributed by atoms with E-state index in [0.29, 0.717) is 18.8 Å². The Bertz CT molecular complexity index is 361. The van der Waals surface area contributed by atoms with Crippen LogP contribution in [0.1, 0.15) is 12.7 Å². The number of carboxylic acids is 1. The molecule has 0 aliphatic rings. The van der Waals surface area contributed by atoms with Crippen LogP contribution in [0.2, 0.25) is 0 Å². The Balaban J connectivity index is 2.24. The van der Waals surface area contributed by atoms with Crippen LogP contribution in [0.25, 0.3) is 0 Å². The summed E-state index contributed by atoms with van der Waals surface area (Å²) in [5, 5.41) is 24.9. The minimum atomic E-state index is -1.74. The first-order valence-corrected chi connectivity index (χ1v) is 4.93. The number of aliphatic carboxylic acids is 1. The first-order chi connectivity index (χ1) is 7.42. The van der Waals surface area contributed by atoms with E-state index >= 15 is 0 Å². The molecule has 1 unspecified atom stereocenters. The van der Waals surface area contributed by atoms with E-state index < -0.39 is 11.6 Å². The average molecular weight is 228 g/mol. The molecule has 3 N–H and O–H groups in total. The van der Waals surface area contributed by atoms with Gasteiger partial charge in [-0.15, -0.1) is 0 Å². The van der Waals surface area contributed by atoms with Crippen LogP contribution in [-0.2, 0) is 18.3 Å². The lowest BCUT2D eigenvalue weighted by atomic mass is 10.1. The van der Waals surface area contributed by atoms with Crippen LogP contribution < -0.4 is 5.32 Å². The van der Waals surface area contributed by atoms with Crippen LogP contribution in [0.5, 0.6) is 0 Å². The van der Waals surface area contributed by atoms with Gasteiger partial charge in [-0.1, -0.05) is 0 Å². The normalized spacial score (nSPS) is 14.7. The van der Waals surface area contributed by atoms with E-state index in [-0.39, 0.29) is 6.54 Å². The van der Waals surface area contributed by atoms with Crippen LogP contribution in [-0.4, -0.2) is 49.6 Å². The van der Waals surface area contributed by atoms with Gasteiger partial charge in [0.15, 0.2) is 11.4 Å². The average Bonchev–Trinajstić information content (AvgIpc) is 2.59. The Labute approximate surface area is 93.1 Å². The Kier molecular flexibility index (Phi) is 3.97. The molecule has 0 saturated carbocycles. The predicted octanol–water partition coefficient (Wildman–Crippen LogP) is -1.22. The fraction of sp³-hybridized carbons (Fsp3) is 0.667. The zero-order valence-electron chi connectivity index (χ0n) is 9.34. The van der Waals surface area contributed by atoms with Gasteiger partial charge >= 0.3 is 5.97 Å². The number of aromatic nitrogens is 3. The summed E-state index contributed by atoms with van der Waals surface area (Å²) in [6.45, 7) is 1.77. The molecule has 90 valence electrons. The SMILES string of the molecule is Cn1cnc(CCNCC(C)(O)C(=O)O)n1. The van der Waals surface area contributed by atoms with Crippen molar-refractivity contribution in [2.24, 2.45) is 7.05 Å². The van der Waals surface area contributed by atoms with Gasteiger partial charge in [0.2, 0.25) is 0 Å². The molecule has 7 heteroatoms. The van der Waals surface area contributed by atoms with Gasteiger partial charge in [0, 0.05) is 26.6 Å². The number of hydrogen-bond acceptors (Lipinski definition) is 5. The lowest BCUT2D eigenvalue weighted by Crippen LogP contribution is -2.45. The van der Waals surface area contributed by atoms with Gasteiger partial charge in [-0.05, 0) is 6.92 Å². The molecule has 0 bridgehead atoms. The highest BCUT2D eigenvalue weighted by Gasteiger charge is 2.28. The van der Waals surface area contributed by atoms with Gasteiger partial charge in [-0.25, -0.2) is 9.78 Å². The highest BCUT2D eigenvalue weighted by molar-refractivity contribution is 5.76. The maximum atomic E-state index is 10.6. The number of aliphatic hydroxyl groups is 1. The van der Waals surface area contributed by atoms with E-state index in [1.165, 1.54) is 6.92 Å². The highest BCUT2D eigenvalue weighted by Crippen LogP contribution is 2.00. The monoisotopic (exact) mass is 228 g/mol. The lowest BCUT2D eigenvalue weighted by Gasteiger charge is -2.17. The highest BCUT2D eigenvalue weighted by atomic mass is 16.4. The third kappa shape index (κ3) is 3.59. The second kappa shape index (κ2) is 5.04. The third-order valence-corrected chi connectivity index (χ3v) is 2.10. The molecule has 0 radical (unpaired) electrons. The first-order valence-electron chi connectivity index (χ1n) is 4.93. The summed E-state index contributed by atoms with van der Waals surface area (Å²) in [4.78, 5) is 14.6. The lowest BCUT2D eigenvalue weighted by molar-refractivity contribution is -0.156. The molecular weight excluding hydrogens is 212 g/mol. The minimum absolute atomic E-state index is 0.00479. The third-order valence-electron chi connectivity index (χ3n) is 2.10. The molecule has 1 heterocycles. The van der Waals surface area contributed by atoms with Gasteiger partial charge < -0.3 is 15.5 Å². The molecular formula is C9H16N4O3. The maximum Gasteiger partial charge on any atom is 0.336 e. The summed E-state index contributed by atoms with van der Waals surface area (Å²) >= 11 is 0. The number of aryl methyl sites for hydroxylation is 1. The van der Waals surface area contributed by atoms with Crippen molar-refractivity contribution >= 4 is 5.97 Å². The van der Waals surface area contributed by atoms with Crippen molar-refractivity contribution in [1.29, 1.82) is 0 Å². The Morgan fingerprint density at radius 3 is 2.88 bits per heavy atom. The Morgan fingerprint density at radius 2 is 2.38 bits per heavy atom. The Morgan fingerprint density at radius 1 is 1.69 bits per heavy atom. The first kappa shape index (κ1) is 12.6. The Hall–Kier alpha value is -1.47. The molecule has 0 aliphatic heterocycles. The molecule has 0 saturated heterocycles. The molecule has 0 spiro atoms. The number of nitrogens with zero attached hydrogens (tertiary/aromatic N) is 3. The molecule has 0 aromatic carbocycles. The summed E-state index contributed by atoms with van der Waals surface area (Å²) in [7, 11) is 1.78. The fourth-order valence-corrected chi connectivity index (χ4v) is 1.11. The summed E-state index contributed by atoms with van der Waals surface area (Å²) in [6, 6.07) is 0. The summed E-state index contributed by atoms with van der Waals surface area (Å²) < 4.78 is 1.60.